The van der Waals surface area contributed by atoms with E-state index in [4.69, 9.17) is 14.5 Å². The van der Waals surface area contributed by atoms with Crippen LogP contribution in [0.2, 0.25) is 0 Å². The summed E-state index contributed by atoms with van der Waals surface area (Å²) in [4.78, 5) is 4.78. The van der Waals surface area contributed by atoms with Gasteiger partial charge in [-0.1, -0.05) is 0 Å². The van der Waals surface area contributed by atoms with Crippen LogP contribution in [0.5, 0.6) is 0 Å². The van der Waals surface area contributed by atoms with Gasteiger partial charge in [0.05, 0.1) is 11.9 Å². The van der Waals surface area contributed by atoms with E-state index < -0.39 is 0 Å². The molecule has 0 radical (unpaired) electrons. The molecule has 0 aromatic heterocycles. The van der Waals surface area contributed by atoms with E-state index in [1.165, 1.54) is 6.42 Å². The van der Waals surface area contributed by atoms with Gasteiger partial charge in [-0.25, -0.2) is 4.39 Å². The number of aliphatic imine (C=N–C) groups is 1. The SMILES string of the molecule is COC1CCC(F)=CC1C1C=NC2NCC(C3CCOC3)C2C1. The molecule has 7 atom stereocenters. The van der Waals surface area contributed by atoms with Gasteiger partial charge < -0.3 is 9.47 Å². The lowest BCUT2D eigenvalue weighted by molar-refractivity contribution is 0.0359. The third kappa shape index (κ3) is 2.99. The fourth-order valence-electron chi connectivity index (χ4n) is 5.05. The first kappa shape index (κ1) is 15.7. The highest BCUT2D eigenvalue weighted by molar-refractivity contribution is 5.63. The summed E-state index contributed by atoms with van der Waals surface area (Å²) in [5.74, 6) is 2.28. The molecule has 4 rings (SSSR count). The monoisotopic (exact) mass is 322 g/mol. The lowest BCUT2D eigenvalue weighted by Crippen LogP contribution is -2.39. The zero-order valence-corrected chi connectivity index (χ0v) is 13.8. The van der Waals surface area contributed by atoms with E-state index in [1.54, 1.807) is 13.2 Å². The van der Waals surface area contributed by atoms with Crippen molar-refractivity contribution in [1.29, 1.82) is 0 Å². The van der Waals surface area contributed by atoms with Crippen LogP contribution in [0.1, 0.15) is 25.7 Å². The Balaban J connectivity index is 1.51. The second-order valence-electron chi connectivity index (χ2n) is 7.51. The van der Waals surface area contributed by atoms with Crippen molar-refractivity contribution in [2.45, 2.75) is 38.0 Å². The molecule has 1 aliphatic carbocycles. The van der Waals surface area contributed by atoms with Crippen LogP contribution in [0.15, 0.2) is 16.9 Å². The maximum absolute atomic E-state index is 13.8. The summed E-state index contributed by atoms with van der Waals surface area (Å²) in [6, 6.07) is 0. The molecule has 3 aliphatic heterocycles. The number of fused-ring (bicyclic) bond motifs is 1. The Hall–Kier alpha value is -0.780. The predicted molar refractivity (Wildman–Crippen MR) is 87.0 cm³/mol. The second-order valence-corrected chi connectivity index (χ2v) is 7.51. The number of hydrogen-bond acceptors (Lipinski definition) is 4. The average Bonchev–Trinajstić information content (AvgIpc) is 3.23. The molecule has 0 amide bonds. The van der Waals surface area contributed by atoms with E-state index in [1.807, 2.05) is 0 Å². The van der Waals surface area contributed by atoms with Crippen molar-refractivity contribution in [3.8, 4) is 0 Å². The minimum atomic E-state index is 0.0177. The number of methoxy groups -OCH3 is 1. The van der Waals surface area contributed by atoms with Gasteiger partial charge in [0.2, 0.25) is 0 Å². The molecule has 2 saturated heterocycles. The van der Waals surface area contributed by atoms with Crippen molar-refractivity contribution in [2.24, 2.45) is 34.6 Å². The zero-order chi connectivity index (χ0) is 15.8. The first-order chi connectivity index (χ1) is 11.3. The Morgan fingerprint density at radius 3 is 3.04 bits per heavy atom. The van der Waals surface area contributed by atoms with Crippen LogP contribution < -0.4 is 5.32 Å². The normalized spacial score (nSPS) is 46.7. The first-order valence-corrected chi connectivity index (χ1v) is 8.99. The molecule has 0 saturated carbocycles. The number of rotatable bonds is 3. The van der Waals surface area contributed by atoms with E-state index in [9.17, 15) is 4.39 Å². The van der Waals surface area contributed by atoms with E-state index in [-0.39, 0.29) is 29.9 Å². The molecule has 2 fully saturated rings. The molecule has 3 heterocycles. The van der Waals surface area contributed by atoms with Gasteiger partial charge >= 0.3 is 0 Å². The minimum absolute atomic E-state index is 0.0177. The smallest absolute Gasteiger partial charge is 0.102 e. The quantitative estimate of drug-likeness (QED) is 0.868. The Labute approximate surface area is 137 Å². The fraction of sp³-hybridized carbons (Fsp3) is 0.833. The average molecular weight is 322 g/mol. The van der Waals surface area contributed by atoms with E-state index in [2.05, 4.69) is 11.5 Å². The Bertz CT molecular complexity index is 489. The number of hydrogen-bond donors (Lipinski definition) is 1. The Morgan fingerprint density at radius 2 is 2.26 bits per heavy atom. The standard InChI is InChI=1S/C18H27FN2O2/c1-22-17-3-2-13(19)7-14(17)12-6-15-16(11-4-5-23-10-11)9-21-18(15)20-8-12/h7-8,11-12,14-18,21H,2-6,9-10H2,1H3. The van der Waals surface area contributed by atoms with Crippen molar-refractivity contribution in [2.75, 3.05) is 26.9 Å². The number of halogens is 1. The van der Waals surface area contributed by atoms with Crippen molar-refractivity contribution in [1.82, 2.24) is 5.32 Å². The molecule has 0 aromatic carbocycles. The number of ether oxygens (including phenoxy) is 2. The molecule has 0 bridgehead atoms. The lowest BCUT2D eigenvalue weighted by atomic mass is 9.71. The van der Waals surface area contributed by atoms with Crippen LogP contribution in [-0.2, 0) is 9.47 Å². The van der Waals surface area contributed by atoms with E-state index in [0.717, 1.165) is 32.6 Å². The number of nitrogens with one attached hydrogen (secondary N) is 1. The molecule has 1 N–H and O–H groups in total. The van der Waals surface area contributed by atoms with Gasteiger partial charge in [0.1, 0.15) is 6.17 Å². The summed E-state index contributed by atoms with van der Waals surface area (Å²) in [6.45, 7) is 2.83. The third-order valence-corrected chi connectivity index (χ3v) is 6.34. The Morgan fingerprint density at radius 1 is 1.35 bits per heavy atom. The van der Waals surface area contributed by atoms with Crippen molar-refractivity contribution < 1.29 is 13.9 Å². The zero-order valence-electron chi connectivity index (χ0n) is 13.8. The fourth-order valence-corrected chi connectivity index (χ4v) is 5.05. The lowest BCUT2D eigenvalue weighted by Gasteiger charge is -2.37. The maximum atomic E-state index is 13.8. The van der Waals surface area contributed by atoms with Crippen molar-refractivity contribution >= 4 is 6.21 Å². The van der Waals surface area contributed by atoms with Crippen LogP contribution in [0, 0.1) is 29.6 Å². The molecule has 4 aliphatic rings. The van der Waals surface area contributed by atoms with Crippen LogP contribution >= 0.6 is 0 Å². The highest BCUT2D eigenvalue weighted by Crippen LogP contribution is 2.43. The van der Waals surface area contributed by atoms with Gasteiger partial charge in [-0.05, 0) is 43.1 Å². The van der Waals surface area contributed by atoms with Gasteiger partial charge in [-0.15, -0.1) is 0 Å². The van der Waals surface area contributed by atoms with Gasteiger partial charge in [0, 0.05) is 51.3 Å². The van der Waals surface area contributed by atoms with Crippen LogP contribution in [0.3, 0.4) is 0 Å². The molecule has 7 unspecified atom stereocenters. The molecular formula is C18H27FN2O2. The topological polar surface area (TPSA) is 42.8 Å². The third-order valence-electron chi connectivity index (χ3n) is 6.34. The van der Waals surface area contributed by atoms with Gasteiger partial charge in [0.25, 0.3) is 0 Å². The molecule has 23 heavy (non-hydrogen) atoms. The largest absolute Gasteiger partial charge is 0.381 e. The van der Waals surface area contributed by atoms with Gasteiger partial charge in [-0.2, -0.15) is 0 Å². The molecule has 5 heteroatoms. The second kappa shape index (κ2) is 6.61. The number of nitrogens with zero attached hydrogens (tertiary/aromatic N) is 1. The first-order valence-electron chi connectivity index (χ1n) is 8.99. The summed E-state index contributed by atoms with van der Waals surface area (Å²) in [5, 5.41) is 3.57. The molecular weight excluding hydrogens is 295 g/mol. The highest BCUT2D eigenvalue weighted by Gasteiger charge is 2.45. The van der Waals surface area contributed by atoms with E-state index >= 15 is 0 Å². The highest BCUT2D eigenvalue weighted by atomic mass is 19.1. The van der Waals surface area contributed by atoms with Crippen molar-refractivity contribution in [3.05, 3.63) is 11.9 Å². The summed E-state index contributed by atoms with van der Waals surface area (Å²) in [5.41, 5.74) is 0. The Kier molecular flexibility index (Phi) is 4.52. The number of allylic oxidation sites excluding steroid dienone is 1. The molecule has 0 spiro atoms. The summed E-state index contributed by atoms with van der Waals surface area (Å²) in [7, 11) is 1.74. The summed E-state index contributed by atoms with van der Waals surface area (Å²) < 4.78 is 25.1. The molecule has 128 valence electrons. The van der Waals surface area contributed by atoms with Gasteiger partial charge in [-0.3, -0.25) is 10.3 Å². The summed E-state index contributed by atoms with van der Waals surface area (Å²) >= 11 is 0. The predicted octanol–water partition coefficient (Wildman–Crippen LogP) is 2.55. The van der Waals surface area contributed by atoms with Crippen LogP contribution in [0.4, 0.5) is 4.39 Å². The maximum Gasteiger partial charge on any atom is 0.102 e. The summed E-state index contributed by atoms with van der Waals surface area (Å²) in [6.07, 6.45) is 7.76. The minimum Gasteiger partial charge on any atom is -0.381 e. The van der Waals surface area contributed by atoms with Gasteiger partial charge in [0.15, 0.2) is 0 Å². The van der Waals surface area contributed by atoms with Crippen molar-refractivity contribution in [3.63, 3.8) is 0 Å². The van der Waals surface area contributed by atoms with Crippen LogP contribution in [-0.4, -0.2) is 45.4 Å². The molecule has 0 aromatic rings. The van der Waals surface area contributed by atoms with Crippen LogP contribution in [0.25, 0.3) is 0 Å². The molecule has 4 nitrogen and oxygen atoms in total. The van der Waals surface area contributed by atoms with E-state index in [0.29, 0.717) is 24.2 Å².